The highest BCUT2D eigenvalue weighted by Gasteiger charge is 2.49. The van der Waals surface area contributed by atoms with Crippen LogP contribution < -0.4 is 29.0 Å². The normalized spacial score (nSPS) is 23.2. The van der Waals surface area contributed by atoms with Gasteiger partial charge < -0.3 is 33.7 Å². The average molecular weight is 554 g/mol. The van der Waals surface area contributed by atoms with E-state index < -0.39 is 29.8 Å². The number of hydrogen-bond donors (Lipinski definition) is 1. The number of carbonyl (C=O) groups is 2. The maximum atomic E-state index is 13.8. The molecule has 11 heteroatoms. The minimum absolute atomic E-state index is 0.00453. The largest absolute Gasteiger partial charge is 0.586 e. The first-order valence-electron chi connectivity index (χ1n) is 12.5. The number of ether oxygens (including phenoxy) is 6. The molecule has 0 aliphatic carbocycles. The van der Waals surface area contributed by atoms with Crippen LogP contribution in [-0.2, 0) is 14.9 Å². The quantitative estimate of drug-likeness (QED) is 0.449. The summed E-state index contributed by atoms with van der Waals surface area (Å²) in [6.07, 6.45) is -3.85. The lowest BCUT2D eigenvalue weighted by Gasteiger charge is -2.35. The van der Waals surface area contributed by atoms with Gasteiger partial charge in [-0.05, 0) is 42.8 Å². The van der Waals surface area contributed by atoms with E-state index in [0.717, 1.165) is 11.1 Å². The van der Waals surface area contributed by atoms with Crippen LogP contribution in [0, 0.1) is 0 Å². The van der Waals surface area contributed by atoms with Crippen LogP contribution in [0.1, 0.15) is 52.5 Å². The van der Waals surface area contributed by atoms with Crippen molar-refractivity contribution in [3.8, 4) is 28.7 Å². The van der Waals surface area contributed by atoms with Crippen LogP contribution in [0.5, 0.6) is 28.7 Å². The first-order chi connectivity index (χ1) is 19.1. The zero-order valence-corrected chi connectivity index (χ0v) is 21.8. The summed E-state index contributed by atoms with van der Waals surface area (Å²) in [6, 6.07) is 14.4. The molecule has 208 valence electrons. The molecule has 3 heterocycles. The van der Waals surface area contributed by atoms with Gasteiger partial charge in [0, 0.05) is 29.7 Å². The van der Waals surface area contributed by atoms with Gasteiger partial charge in [0.2, 0.25) is 5.91 Å². The summed E-state index contributed by atoms with van der Waals surface area (Å²) in [5, 5.41) is 3.12. The van der Waals surface area contributed by atoms with Crippen molar-refractivity contribution in [1.29, 1.82) is 0 Å². The lowest BCUT2D eigenvalue weighted by molar-refractivity contribution is -0.286. The fourth-order valence-corrected chi connectivity index (χ4v) is 5.20. The zero-order chi connectivity index (χ0) is 28.2. The highest BCUT2D eigenvalue weighted by Crippen LogP contribution is 2.50. The molecule has 3 aromatic rings. The Hall–Kier alpha value is -4.54. The fraction of sp³-hybridized carbons (Fsp3) is 0.310. The summed E-state index contributed by atoms with van der Waals surface area (Å²) in [4.78, 5) is 25.7. The second kappa shape index (κ2) is 9.29. The van der Waals surface area contributed by atoms with E-state index in [2.05, 4.69) is 14.8 Å². The first-order valence-corrected chi connectivity index (χ1v) is 12.5. The van der Waals surface area contributed by atoms with Gasteiger partial charge in [-0.25, -0.2) is 4.79 Å². The van der Waals surface area contributed by atoms with Gasteiger partial charge in [0.15, 0.2) is 11.5 Å². The van der Waals surface area contributed by atoms with E-state index >= 15 is 0 Å². The molecular weight excluding hydrogens is 528 g/mol. The van der Waals surface area contributed by atoms with E-state index in [-0.39, 0.29) is 29.8 Å². The molecule has 1 amide bonds. The molecule has 1 N–H and O–H groups in total. The number of hydrogen-bond acceptors (Lipinski definition) is 8. The van der Waals surface area contributed by atoms with Gasteiger partial charge in [-0.2, -0.15) is 0 Å². The molecule has 0 bridgehead atoms. The number of benzene rings is 3. The number of carbonyl (C=O) groups excluding carboxylic acids is 2. The van der Waals surface area contributed by atoms with Gasteiger partial charge in [-0.3, -0.25) is 4.79 Å². The van der Waals surface area contributed by atoms with Gasteiger partial charge in [0.05, 0.1) is 25.8 Å². The Morgan fingerprint density at radius 1 is 0.950 bits per heavy atom. The zero-order valence-electron chi connectivity index (χ0n) is 21.8. The molecule has 0 radical (unpaired) electrons. The summed E-state index contributed by atoms with van der Waals surface area (Å²) in [5.74, 6) is 0.285. The third-order valence-corrected chi connectivity index (χ3v) is 7.44. The molecule has 3 aliphatic heterocycles. The first kappa shape index (κ1) is 25.7. The molecule has 0 saturated carbocycles. The number of esters is 1. The molecular formula is C29H25F2NO8. The summed E-state index contributed by atoms with van der Waals surface area (Å²) in [5.41, 5.74) is 1.19. The van der Waals surface area contributed by atoms with Crippen LogP contribution in [0.3, 0.4) is 0 Å². The molecule has 3 aromatic carbocycles. The number of alkyl halides is 2. The number of fused-ring (bicyclic) bond motifs is 3. The summed E-state index contributed by atoms with van der Waals surface area (Å²) < 4.78 is 58.6. The van der Waals surface area contributed by atoms with Gasteiger partial charge in [0.1, 0.15) is 35.4 Å². The predicted octanol–water partition coefficient (Wildman–Crippen LogP) is 4.83. The van der Waals surface area contributed by atoms with Gasteiger partial charge in [-0.1, -0.05) is 12.1 Å². The van der Waals surface area contributed by atoms with E-state index in [1.807, 2.05) is 6.07 Å². The van der Waals surface area contributed by atoms with Crippen LogP contribution >= 0.6 is 0 Å². The maximum Gasteiger partial charge on any atom is 0.586 e. The number of halogens is 2. The minimum atomic E-state index is -3.78. The second-order valence-corrected chi connectivity index (χ2v) is 9.97. The molecule has 3 atom stereocenters. The van der Waals surface area contributed by atoms with E-state index in [0.29, 0.717) is 29.0 Å². The van der Waals surface area contributed by atoms with E-state index in [1.54, 1.807) is 50.4 Å². The van der Waals surface area contributed by atoms with Crippen molar-refractivity contribution in [2.24, 2.45) is 0 Å². The molecule has 0 fully saturated rings. The van der Waals surface area contributed by atoms with Crippen LogP contribution in [0.15, 0.2) is 54.6 Å². The van der Waals surface area contributed by atoms with E-state index in [9.17, 15) is 18.4 Å². The molecule has 0 spiro atoms. The third-order valence-electron chi connectivity index (χ3n) is 7.44. The molecule has 0 unspecified atom stereocenters. The molecule has 0 aromatic heterocycles. The lowest BCUT2D eigenvalue weighted by atomic mass is 9.82. The van der Waals surface area contributed by atoms with Crippen molar-refractivity contribution in [1.82, 2.24) is 5.32 Å². The highest BCUT2D eigenvalue weighted by molar-refractivity contribution is 5.91. The Balaban J connectivity index is 1.29. The monoisotopic (exact) mass is 553 g/mol. The molecule has 0 saturated heterocycles. The summed E-state index contributed by atoms with van der Waals surface area (Å²) in [6.45, 7) is 1.69. The van der Waals surface area contributed by atoms with Gasteiger partial charge in [-0.15, -0.1) is 8.78 Å². The summed E-state index contributed by atoms with van der Waals surface area (Å²) >= 11 is 0. The Bertz CT molecular complexity index is 1510. The number of amides is 1. The lowest BCUT2D eigenvalue weighted by Crippen LogP contribution is -2.46. The second-order valence-electron chi connectivity index (χ2n) is 9.97. The van der Waals surface area contributed by atoms with E-state index in [4.69, 9.17) is 18.9 Å². The topological polar surface area (TPSA) is 102 Å². The SMILES string of the molecule is COC(=O)c1ccc([C@H]2C[C@@H](NC(=O)[C@]3(C)COc4cc5c(cc43)OC(F)(F)O5)c3ccc(OC)cc3O2)cc1. The number of rotatable bonds is 5. The Kier molecular flexibility index (Phi) is 5.97. The average Bonchev–Trinajstić information content (AvgIpc) is 3.45. The van der Waals surface area contributed by atoms with Crippen LogP contribution in [0.2, 0.25) is 0 Å². The van der Waals surface area contributed by atoms with Crippen molar-refractivity contribution in [3.63, 3.8) is 0 Å². The van der Waals surface area contributed by atoms with Crippen LogP contribution in [0.4, 0.5) is 8.78 Å². The molecule has 9 nitrogen and oxygen atoms in total. The van der Waals surface area contributed by atoms with E-state index in [1.165, 1.54) is 19.2 Å². The smallest absolute Gasteiger partial charge is 0.497 e. The summed E-state index contributed by atoms with van der Waals surface area (Å²) in [7, 11) is 2.86. The van der Waals surface area contributed by atoms with Crippen LogP contribution in [0.25, 0.3) is 0 Å². The Morgan fingerprint density at radius 3 is 2.38 bits per heavy atom. The third kappa shape index (κ3) is 4.31. The maximum absolute atomic E-state index is 13.8. The van der Waals surface area contributed by atoms with Gasteiger partial charge in [0.25, 0.3) is 0 Å². The van der Waals surface area contributed by atoms with Crippen molar-refractivity contribution < 1.29 is 46.8 Å². The predicted molar refractivity (Wildman–Crippen MR) is 135 cm³/mol. The van der Waals surface area contributed by atoms with Crippen molar-refractivity contribution in [2.45, 2.75) is 37.2 Å². The number of methoxy groups -OCH3 is 2. The molecule has 40 heavy (non-hydrogen) atoms. The fourth-order valence-electron chi connectivity index (χ4n) is 5.20. The van der Waals surface area contributed by atoms with Crippen molar-refractivity contribution >= 4 is 11.9 Å². The minimum Gasteiger partial charge on any atom is -0.497 e. The standard InChI is InChI=1S/C29H25F2NO8/c1-28(14-37-23-13-25-24(11-19(23)28)39-29(30,31)40-25)27(34)32-20-12-21(15-4-6-16(7-5-15)26(33)36-3)38-22-10-17(35-2)8-9-18(20)22/h4-11,13,20-21H,12,14H2,1-3H3,(H,32,34)/t20-,21-,28-/m1/s1. The highest BCUT2D eigenvalue weighted by atomic mass is 19.3. The number of nitrogens with one attached hydrogen (secondary N) is 1. The van der Waals surface area contributed by atoms with Crippen LogP contribution in [-0.4, -0.2) is 39.0 Å². The van der Waals surface area contributed by atoms with Gasteiger partial charge >= 0.3 is 12.3 Å². The Morgan fingerprint density at radius 2 is 1.68 bits per heavy atom. The Labute approximate surface area is 227 Å². The van der Waals surface area contributed by atoms with Crippen molar-refractivity contribution in [2.75, 3.05) is 20.8 Å². The molecule has 6 rings (SSSR count). The molecule has 3 aliphatic rings. The van der Waals surface area contributed by atoms with Crippen molar-refractivity contribution in [3.05, 3.63) is 76.9 Å².